The number of carboxylic acid groups (broad SMARTS) is 1. The molecule has 1 aromatic carbocycles. The number of aliphatic hydroxyl groups is 3. The van der Waals surface area contributed by atoms with E-state index in [1.165, 1.54) is 7.11 Å². The van der Waals surface area contributed by atoms with E-state index in [0.29, 0.717) is 0 Å². The van der Waals surface area contributed by atoms with E-state index in [-0.39, 0.29) is 22.6 Å². The molecule has 0 aliphatic rings. The van der Waals surface area contributed by atoms with E-state index in [4.69, 9.17) is 14.9 Å². The van der Waals surface area contributed by atoms with Crippen LogP contribution in [0.15, 0.2) is 12.1 Å². The molecular weight excluding hydrogens is 244 g/mol. The zero-order chi connectivity index (χ0) is 13.9. The molecule has 18 heavy (non-hydrogen) atoms. The molecule has 0 aliphatic heterocycles. The van der Waals surface area contributed by atoms with Crippen molar-refractivity contribution in [2.45, 2.75) is 12.2 Å². The number of aromatic hydroxyl groups is 1. The van der Waals surface area contributed by atoms with Crippen LogP contribution in [0.4, 0.5) is 0 Å². The normalized spacial score (nSPS) is 14.0. The van der Waals surface area contributed by atoms with Crippen molar-refractivity contribution in [3.8, 4) is 11.5 Å². The van der Waals surface area contributed by atoms with Gasteiger partial charge in [0.1, 0.15) is 12.2 Å². The van der Waals surface area contributed by atoms with Crippen LogP contribution in [0.1, 0.15) is 22.0 Å². The van der Waals surface area contributed by atoms with Crippen molar-refractivity contribution in [1.29, 1.82) is 0 Å². The lowest BCUT2D eigenvalue weighted by Crippen LogP contribution is -2.24. The summed E-state index contributed by atoms with van der Waals surface area (Å²) in [6, 6.07) is 2.17. The van der Waals surface area contributed by atoms with Crippen molar-refractivity contribution >= 4 is 5.97 Å². The number of phenols is 1. The fraction of sp³-hybridized carbons (Fsp3) is 0.364. The lowest BCUT2D eigenvalue weighted by atomic mass is 9.97. The highest BCUT2D eigenvalue weighted by Gasteiger charge is 2.28. The Hall–Kier alpha value is -1.83. The van der Waals surface area contributed by atoms with E-state index in [9.17, 15) is 20.1 Å². The molecule has 1 aromatic rings. The number of hydrogen-bond donors (Lipinski definition) is 5. The fourth-order valence-corrected chi connectivity index (χ4v) is 1.57. The minimum atomic E-state index is -1.69. The number of rotatable bonds is 5. The molecule has 2 atom stereocenters. The van der Waals surface area contributed by atoms with Crippen LogP contribution in [0.2, 0.25) is 0 Å². The number of methoxy groups -OCH3 is 1. The average molecular weight is 258 g/mol. The smallest absolute Gasteiger partial charge is 0.336 e. The van der Waals surface area contributed by atoms with Gasteiger partial charge in [-0.25, -0.2) is 4.79 Å². The van der Waals surface area contributed by atoms with Gasteiger partial charge in [0.25, 0.3) is 0 Å². The molecule has 0 radical (unpaired) electrons. The van der Waals surface area contributed by atoms with Crippen LogP contribution < -0.4 is 4.74 Å². The van der Waals surface area contributed by atoms with Crippen LogP contribution in [0.25, 0.3) is 0 Å². The second kappa shape index (κ2) is 5.67. The number of phenolic OH excluding ortho intramolecular Hbond substituents is 1. The van der Waals surface area contributed by atoms with E-state index in [1.54, 1.807) is 0 Å². The summed E-state index contributed by atoms with van der Waals surface area (Å²) in [6.07, 6.45) is -3.28. The summed E-state index contributed by atoms with van der Waals surface area (Å²) in [5.74, 6) is -1.98. The quantitative estimate of drug-likeness (QED) is 0.481. The third-order valence-corrected chi connectivity index (χ3v) is 2.46. The molecule has 0 bridgehead atoms. The summed E-state index contributed by atoms with van der Waals surface area (Å²) < 4.78 is 4.82. The average Bonchev–Trinajstić information content (AvgIpc) is 2.35. The van der Waals surface area contributed by atoms with Gasteiger partial charge in [-0.3, -0.25) is 0 Å². The largest absolute Gasteiger partial charge is 0.504 e. The predicted molar refractivity (Wildman–Crippen MR) is 59.7 cm³/mol. The number of hydrogen-bond acceptors (Lipinski definition) is 6. The molecule has 0 aliphatic carbocycles. The predicted octanol–water partition coefficient (Wildman–Crippen LogP) is -0.514. The Morgan fingerprint density at radius 2 is 2.00 bits per heavy atom. The molecule has 0 fully saturated rings. The van der Waals surface area contributed by atoms with Crippen molar-refractivity contribution in [1.82, 2.24) is 0 Å². The Morgan fingerprint density at radius 3 is 2.44 bits per heavy atom. The zero-order valence-electron chi connectivity index (χ0n) is 9.57. The summed E-state index contributed by atoms with van der Waals surface area (Å²) in [4.78, 5) is 11.0. The van der Waals surface area contributed by atoms with Gasteiger partial charge in [-0.1, -0.05) is 0 Å². The van der Waals surface area contributed by atoms with E-state index in [0.717, 1.165) is 12.1 Å². The SMILES string of the molecule is COc1c(O)ccc(C(=O)O)c1C(O)C(O)CO. The van der Waals surface area contributed by atoms with Crippen LogP contribution >= 0.6 is 0 Å². The summed E-state index contributed by atoms with van der Waals surface area (Å²) in [6.45, 7) is -0.765. The van der Waals surface area contributed by atoms with Crippen LogP contribution in [0.3, 0.4) is 0 Å². The first-order valence-corrected chi connectivity index (χ1v) is 5.04. The first-order chi connectivity index (χ1) is 8.43. The van der Waals surface area contributed by atoms with Gasteiger partial charge in [-0.2, -0.15) is 0 Å². The van der Waals surface area contributed by atoms with E-state index in [2.05, 4.69) is 0 Å². The van der Waals surface area contributed by atoms with Crippen molar-refractivity contribution in [2.24, 2.45) is 0 Å². The maximum atomic E-state index is 11.0. The minimum Gasteiger partial charge on any atom is -0.504 e. The van der Waals surface area contributed by atoms with Crippen molar-refractivity contribution in [3.63, 3.8) is 0 Å². The number of carboxylic acids is 1. The molecular formula is C11H14O7. The highest BCUT2D eigenvalue weighted by Crippen LogP contribution is 2.37. The Balaban J connectivity index is 3.44. The number of ether oxygens (including phenoxy) is 1. The van der Waals surface area contributed by atoms with Gasteiger partial charge in [0.15, 0.2) is 11.5 Å². The topological polar surface area (TPSA) is 127 Å². The minimum absolute atomic E-state index is 0.255. The Kier molecular flexibility index (Phi) is 4.49. The summed E-state index contributed by atoms with van der Waals surface area (Å²) in [5.41, 5.74) is -0.615. The molecule has 1 rings (SSSR count). The zero-order valence-corrected chi connectivity index (χ0v) is 9.57. The molecule has 7 nitrogen and oxygen atoms in total. The van der Waals surface area contributed by atoms with Crippen LogP contribution in [-0.4, -0.2) is 51.3 Å². The molecule has 0 saturated carbocycles. The number of benzene rings is 1. The van der Waals surface area contributed by atoms with E-state index in [1.807, 2.05) is 0 Å². The van der Waals surface area contributed by atoms with Gasteiger partial charge < -0.3 is 30.3 Å². The second-order valence-electron chi connectivity index (χ2n) is 3.58. The third kappa shape index (κ3) is 2.53. The maximum Gasteiger partial charge on any atom is 0.336 e. The molecule has 0 spiro atoms. The van der Waals surface area contributed by atoms with Gasteiger partial charge in [0.2, 0.25) is 0 Å². The lowest BCUT2D eigenvalue weighted by Gasteiger charge is -2.21. The van der Waals surface area contributed by atoms with Gasteiger partial charge >= 0.3 is 5.97 Å². The standard InChI is InChI=1S/C11H14O7/c1-18-10-6(13)3-2-5(11(16)17)8(10)9(15)7(14)4-12/h2-3,7,9,12-15H,4H2,1H3,(H,16,17). The number of aliphatic hydroxyl groups excluding tert-OH is 3. The highest BCUT2D eigenvalue weighted by atomic mass is 16.5. The second-order valence-corrected chi connectivity index (χ2v) is 3.58. The Labute approximate surface area is 103 Å². The van der Waals surface area contributed by atoms with Crippen molar-refractivity contribution < 1.29 is 35.1 Å². The molecule has 2 unspecified atom stereocenters. The molecule has 7 heteroatoms. The van der Waals surface area contributed by atoms with Crippen LogP contribution in [0, 0.1) is 0 Å². The molecule has 0 heterocycles. The fourth-order valence-electron chi connectivity index (χ4n) is 1.57. The monoisotopic (exact) mass is 258 g/mol. The van der Waals surface area contributed by atoms with Crippen LogP contribution in [-0.2, 0) is 0 Å². The number of aromatic carboxylic acids is 1. The van der Waals surface area contributed by atoms with E-state index >= 15 is 0 Å². The van der Waals surface area contributed by atoms with Crippen molar-refractivity contribution in [3.05, 3.63) is 23.3 Å². The maximum absolute atomic E-state index is 11.0. The highest BCUT2D eigenvalue weighted by molar-refractivity contribution is 5.91. The molecule has 0 aromatic heterocycles. The van der Waals surface area contributed by atoms with Crippen LogP contribution in [0.5, 0.6) is 11.5 Å². The summed E-state index contributed by atoms with van der Waals surface area (Å²) in [7, 11) is 1.18. The van der Waals surface area contributed by atoms with Crippen molar-refractivity contribution in [2.75, 3.05) is 13.7 Å². The first kappa shape index (κ1) is 14.2. The van der Waals surface area contributed by atoms with Gasteiger partial charge in [-0.05, 0) is 12.1 Å². The first-order valence-electron chi connectivity index (χ1n) is 5.04. The Morgan fingerprint density at radius 1 is 1.39 bits per heavy atom. The van der Waals surface area contributed by atoms with Gasteiger partial charge in [0, 0.05) is 5.56 Å². The Bertz CT molecular complexity index is 443. The molecule has 5 N–H and O–H groups in total. The van der Waals surface area contributed by atoms with Gasteiger partial charge in [0.05, 0.1) is 19.3 Å². The molecule has 0 amide bonds. The molecule has 100 valence electrons. The lowest BCUT2D eigenvalue weighted by molar-refractivity contribution is -0.0169. The summed E-state index contributed by atoms with van der Waals surface area (Å²) >= 11 is 0. The molecule has 0 saturated heterocycles. The van der Waals surface area contributed by atoms with Gasteiger partial charge in [-0.15, -0.1) is 0 Å². The number of carbonyl (C=O) groups is 1. The third-order valence-electron chi connectivity index (χ3n) is 2.46. The summed E-state index contributed by atoms with van der Waals surface area (Å²) in [5, 5.41) is 46.4. The van der Waals surface area contributed by atoms with E-state index < -0.39 is 24.8 Å².